The summed E-state index contributed by atoms with van der Waals surface area (Å²) in [6, 6.07) is 11.8. The number of thiophene rings is 1. The molecule has 0 amide bonds. The Labute approximate surface area is 130 Å². The Morgan fingerprint density at radius 1 is 1.05 bits per heavy atom. The Morgan fingerprint density at radius 3 is 2.81 bits per heavy atom. The summed E-state index contributed by atoms with van der Waals surface area (Å²) in [7, 11) is 0. The fraction of sp³-hybridized carbons (Fsp3) is 0.444. The molecule has 2 aromatic rings. The molecule has 4 rings (SSSR count). The highest BCUT2D eigenvalue weighted by atomic mass is 32.1. The molecule has 21 heavy (non-hydrogen) atoms. The van der Waals surface area contributed by atoms with E-state index in [1.807, 2.05) is 11.3 Å². The predicted octanol–water partition coefficient (Wildman–Crippen LogP) is 4.07. The van der Waals surface area contributed by atoms with Gasteiger partial charge < -0.3 is 10.1 Å². The maximum atomic E-state index is 5.96. The molecule has 2 nitrogen and oxygen atoms in total. The van der Waals surface area contributed by atoms with Crippen molar-refractivity contribution in [1.82, 2.24) is 5.32 Å². The van der Waals surface area contributed by atoms with Crippen molar-refractivity contribution >= 4 is 11.3 Å². The monoisotopic (exact) mass is 299 g/mol. The van der Waals surface area contributed by atoms with E-state index in [0.29, 0.717) is 6.61 Å². The summed E-state index contributed by atoms with van der Waals surface area (Å²) < 4.78 is 5.96. The second kappa shape index (κ2) is 5.82. The van der Waals surface area contributed by atoms with Gasteiger partial charge >= 0.3 is 0 Å². The van der Waals surface area contributed by atoms with Crippen LogP contribution in [0.25, 0.3) is 0 Å². The first-order valence-corrected chi connectivity index (χ1v) is 8.74. The van der Waals surface area contributed by atoms with E-state index in [9.17, 15) is 0 Å². The highest BCUT2D eigenvalue weighted by Gasteiger charge is 2.20. The van der Waals surface area contributed by atoms with Crippen molar-refractivity contribution in [3.8, 4) is 5.75 Å². The minimum Gasteiger partial charge on any atom is -0.488 e. The zero-order chi connectivity index (χ0) is 14.1. The van der Waals surface area contributed by atoms with Crippen LogP contribution in [0.15, 0.2) is 30.3 Å². The number of ether oxygens (including phenoxy) is 1. The smallest absolute Gasteiger partial charge is 0.122 e. The van der Waals surface area contributed by atoms with Crippen LogP contribution in [0.2, 0.25) is 0 Å². The lowest BCUT2D eigenvalue weighted by Gasteiger charge is -2.07. The van der Waals surface area contributed by atoms with Gasteiger partial charge in [0.25, 0.3) is 0 Å². The molecule has 2 aliphatic carbocycles. The molecule has 1 N–H and O–H groups in total. The van der Waals surface area contributed by atoms with Gasteiger partial charge in [0.2, 0.25) is 0 Å². The van der Waals surface area contributed by atoms with Crippen molar-refractivity contribution in [3.05, 3.63) is 51.2 Å². The van der Waals surface area contributed by atoms with Gasteiger partial charge in [0.05, 0.1) is 0 Å². The number of benzene rings is 1. The molecule has 1 aromatic heterocycles. The summed E-state index contributed by atoms with van der Waals surface area (Å²) in [5, 5.41) is 3.56. The number of hydrogen-bond donors (Lipinski definition) is 1. The lowest BCUT2D eigenvalue weighted by atomic mass is 10.1. The van der Waals surface area contributed by atoms with Crippen LogP contribution in [0.4, 0.5) is 0 Å². The minimum absolute atomic E-state index is 0.687. The first-order chi connectivity index (χ1) is 10.4. The van der Waals surface area contributed by atoms with E-state index in [-0.39, 0.29) is 0 Å². The fourth-order valence-corrected chi connectivity index (χ4v) is 3.80. The molecule has 110 valence electrons. The molecular weight excluding hydrogens is 278 g/mol. The molecular formula is C18H21NOS. The van der Waals surface area contributed by atoms with Crippen LogP contribution in [-0.2, 0) is 26.0 Å². The molecule has 0 radical (unpaired) electrons. The molecule has 0 atom stereocenters. The number of hydrogen-bond acceptors (Lipinski definition) is 3. The third kappa shape index (κ3) is 3.30. The number of nitrogens with one attached hydrogen (secondary N) is 1. The molecule has 3 heteroatoms. The second-order valence-electron chi connectivity index (χ2n) is 6.10. The summed E-state index contributed by atoms with van der Waals surface area (Å²) in [5.41, 5.74) is 2.99. The van der Waals surface area contributed by atoms with E-state index in [4.69, 9.17) is 4.74 Å². The summed E-state index contributed by atoms with van der Waals surface area (Å²) in [5.74, 6) is 1.02. The SMILES string of the molecule is c1cc2c(cc1OCc1ccc(CNC3CC3)s1)CCC2. The van der Waals surface area contributed by atoms with Gasteiger partial charge in [-0.3, -0.25) is 0 Å². The van der Waals surface area contributed by atoms with Crippen LogP contribution < -0.4 is 10.1 Å². The Bertz CT molecular complexity index is 630. The Balaban J connectivity index is 1.33. The Hall–Kier alpha value is -1.32. The van der Waals surface area contributed by atoms with E-state index in [1.54, 1.807) is 0 Å². The first-order valence-electron chi connectivity index (χ1n) is 7.92. The number of fused-ring (bicyclic) bond motifs is 1. The van der Waals surface area contributed by atoms with Crippen LogP contribution in [0.5, 0.6) is 5.75 Å². The van der Waals surface area contributed by atoms with Crippen LogP contribution in [0.1, 0.15) is 40.1 Å². The van der Waals surface area contributed by atoms with Gasteiger partial charge in [-0.05, 0) is 67.5 Å². The van der Waals surface area contributed by atoms with Crippen LogP contribution in [0, 0.1) is 0 Å². The maximum absolute atomic E-state index is 5.96. The summed E-state index contributed by atoms with van der Waals surface area (Å²) in [4.78, 5) is 2.72. The van der Waals surface area contributed by atoms with Gasteiger partial charge in [-0.1, -0.05) is 6.07 Å². The van der Waals surface area contributed by atoms with Crippen molar-refractivity contribution in [3.63, 3.8) is 0 Å². The average Bonchev–Trinajstić information content (AvgIpc) is 3.04. The van der Waals surface area contributed by atoms with E-state index in [0.717, 1.165) is 18.3 Å². The topological polar surface area (TPSA) is 21.3 Å². The second-order valence-corrected chi connectivity index (χ2v) is 7.35. The van der Waals surface area contributed by atoms with E-state index in [1.165, 1.54) is 53.0 Å². The van der Waals surface area contributed by atoms with Crippen molar-refractivity contribution in [2.45, 2.75) is 51.3 Å². The zero-order valence-electron chi connectivity index (χ0n) is 12.2. The van der Waals surface area contributed by atoms with Crippen LogP contribution >= 0.6 is 11.3 Å². The van der Waals surface area contributed by atoms with E-state index >= 15 is 0 Å². The molecule has 0 bridgehead atoms. The van der Waals surface area contributed by atoms with Gasteiger partial charge in [-0.15, -0.1) is 11.3 Å². The molecule has 1 heterocycles. The minimum atomic E-state index is 0.687. The first kappa shape index (κ1) is 13.4. The molecule has 0 saturated heterocycles. The van der Waals surface area contributed by atoms with Gasteiger partial charge in [0, 0.05) is 22.3 Å². The van der Waals surface area contributed by atoms with Crippen molar-refractivity contribution < 1.29 is 4.74 Å². The molecule has 0 unspecified atom stereocenters. The molecule has 0 spiro atoms. The largest absolute Gasteiger partial charge is 0.488 e. The summed E-state index contributed by atoms with van der Waals surface area (Å²) >= 11 is 1.86. The normalized spacial score (nSPS) is 17.0. The van der Waals surface area contributed by atoms with Gasteiger partial charge in [-0.25, -0.2) is 0 Å². The summed E-state index contributed by atoms with van der Waals surface area (Å²) in [6.07, 6.45) is 6.43. The van der Waals surface area contributed by atoms with Gasteiger partial charge in [0.15, 0.2) is 0 Å². The standard InChI is InChI=1S/C18H21NOS/c1-2-13-4-7-16(10-14(13)3-1)20-12-18-9-8-17(21-18)11-19-15-5-6-15/h4,7-10,15,19H,1-3,5-6,11-12H2. The van der Waals surface area contributed by atoms with E-state index < -0.39 is 0 Å². The molecule has 1 aromatic carbocycles. The third-order valence-electron chi connectivity index (χ3n) is 4.31. The highest BCUT2D eigenvalue weighted by Crippen LogP contribution is 2.27. The Morgan fingerprint density at radius 2 is 1.90 bits per heavy atom. The quantitative estimate of drug-likeness (QED) is 0.868. The van der Waals surface area contributed by atoms with Crippen molar-refractivity contribution in [2.24, 2.45) is 0 Å². The third-order valence-corrected chi connectivity index (χ3v) is 5.37. The maximum Gasteiger partial charge on any atom is 0.122 e. The lowest BCUT2D eigenvalue weighted by molar-refractivity contribution is 0.309. The molecule has 1 fully saturated rings. The highest BCUT2D eigenvalue weighted by molar-refractivity contribution is 7.11. The Kier molecular flexibility index (Phi) is 3.70. The van der Waals surface area contributed by atoms with Crippen LogP contribution in [0.3, 0.4) is 0 Å². The molecule has 2 aliphatic rings. The number of rotatable bonds is 6. The summed E-state index contributed by atoms with van der Waals surface area (Å²) in [6.45, 7) is 1.70. The fourth-order valence-electron chi connectivity index (χ4n) is 2.92. The molecule has 0 aliphatic heterocycles. The van der Waals surface area contributed by atoms with Crippen molar-refractivity contribution in [2.75, 3.05) is 0 Å². The van der Waals surface area contributed by atoms with Crippen LogP contribution in [-0.4, -0.2) is 6.04 Å². The lowest BCUT2D eigenvalue weighted by Crippen LogP contribution is -2.14. The van der Waals surface area contributed by atoms with Crippen molar-refractivity contribution in [1.29, 1.82) is 0 Å². The zero-order valence-corrected chi connectivity index (χ0v) is 13.0. The van der Waals surface area contributed by atoms with E-state index in [2.05, 4.69) is 35.6 Å². The molecule has 1 saturated carbocycles. The van der Waals surface area contributed by atoms with Gasteiger partial charge in [-0.2, -0.15) is 0 Å². The average molecular weight is 299 g/mol. The van der Waals surface area contributed by atoms with Gasteiger partial charge in [0.1, 0.15) is 12.4 Å². The predicted molar refractivity (Wildman–Crippen MR) is 87.0 cm³/mol. The number of aryl methyl sites for hydroxylation is 2.